The zero-order chi connectivity index (χ0) is 27.7. The monoisotopic (exact) mass is 520 g/mol. The molecule has 0 saturated carbocycles. The molecule has 1 amide bonds. The van der Waals surface area contributed by atoms with E-state index in [1.54, 1.807) is 29.4 Å². The predicted octanol–water partition coefficient (Wildman–Crippen LogP) is 6.74. The van der Waals surface area contributed by atoms with Crippen molar-refractivity contribution in [3.05, 3.63) is 95.1 Å². The maximum Gasteiger partial charge on any atom is 0.411 e. The molecule has 0 bridgehead atoms. The van der Waals surface area contributed by atoms with E-state index in [1.165, 1.54) is 17.7 Å². The van der Waals surface area contributed by atoms with Crippen LogP contribution >= 0.6 is 0 Å². The fourth-order valence-electron chi connectivity index (χ4n) is 5.08. The van der Waals surface area contributed by atoms with Crippen LogP contribution in [-0.2, 0) is 16.9 Å². The molecule has 0 radical (unpaired) electrons. The van der Waals surface area contributed by atoms with Gasteiger partial charge in [0.05, 0.1) is 0 Å². The number of carbonyl (C=O) groups is 1. The first-order valence-electron chi connectivity index (χ1n) is 13.0. The molecule has 1 aliphatic heterocycles. The standard InChI is InChI=1S/C31H37FN2O4/c1-20(2)23-7-9-24(10-8-23)28(35)31(21(3)18-34(31)29(36)38-30(4,5)6)25-15-22(16-33-17-25)19-37-27-13-11-26(32)12-14-27/h7-17,20-21,28,35H,18-19H2,1-6H3/t21?,28?,31-/m1/s1. The Hall–Kier alpha value is -3.45. The molecule has 4 rings (SSSR count). The number of nitrogens with zero attached hydrogens (tertiary/aromatic N) is 2. The fraction of sp³-hybridized carbons (Fsp3) is 0.419. The Morgan fingerprint density at radius 1 is 1.11 bits per heavy atom. The number of carbonyl (C=O) groups excluding carboxylic acids is 1. The molecule has 0 spiro atoms. The first-order chi connectivity index (χ1) is 17.9. The molecular weight excluding hydrogens is 483 g/mol. The van der Waals surface area contributed by atoms with Crippen LogP contribution in [0.3, 0.4) is 0 Å². The molecule has 0 aliphatic carbocycles. The highest BCUT2D eigenvalue weighted by molar-refractivity contribution is 5.72. The van der Waals surface area contributed by atoms with Gasteiger partial charge in [0.2, 0.25) is 0 Å². The van der Waals surface area contributed by atoms with E-state index in [4.69, 9.17) is 9.47 Å². The average Bonchev–Trinajstić information content (AvgIpc) is 2.86. The fourth-order valence-corrected chi connectivity index (χ4v) is 5.08. The summed E-state index contributed by atoms with van der Waals surface area (Å²) in [5.41, 5.74) is 1.57. The first-order valence-corrected chi connectivity index (χ1v) is 13.0. The maximum absolute atomic E-state index is 13.4. The van der Waals surface area contributed by atoms with Crippen LogP contribution in [0.15, 0.2) is 67.0 Å². The Morgan fingerprint density at radius 3 is 2.32 bits per heavy atom. The minimum absolute atomic E-state index is 0.0788. The number of rotatable bonds is 7. The smallest absolute Gasteiger partial charge is 0.411 e. The van der Waals surface area contributed by atoms with Crippen molar-refractivity contribution in [2.24, 2.45) is 5.92 Å². The number of hydrogen-bond donors (Lipinski definition) is 1. The number of halogens is 1. The van der Waals surface area contributed by atoms with Gasteiger partial charge in [-0.15, -0.1) is 0 Å². The van der Waals surface area contributed by atoms with Gasteiger partial charge in [0.1, 0.15) is 35.4 Å². The molecule has 1 saturated heterocycles. The van der Waals surface area contributed by atoms with E-state index in [2.05, 4.69) is 18.8 Å². The lowest BCUT2D eigenvalue weighted by Gasteiger charge is -2.59. The highest BCUT2D eigenvalue weighted by Crippen LogP contribution is 2.53. The van der Waals surface area contributed by atoms with Crippen molar-refractivity contribution >= 4 is 6.09 Å². The third kappa shape index (κ3) is 5.53. The summed E-state index contributed by atoms with van der Waals surface area (Å²) in [6.45, 7) is 12.4. The summed E-state index contributed by atoms with van der Waals surface area (Å²) < 4.78 is 24.9. The Morgan fingerprint density at radius 2 is 1.74 bits per heavy atom. The van der Waals surface area contributed by atoms with E-state index in [-0.39, 0.29) is 18.3 Å². The molecule has 202 valence electrons. The first kappa shape index (κ1) is 27.6. The largest absolute Gasteiger partial charge is 0.489 e. The van der Waals surface area contributed by atoms with Gasteiger partial charge in [-0.3, -0.25) is 9.88 Å². The average molecular weight is 521 g/mol. The number of amides is 1. The van der Waals surface area contributed by atoms with Gasteiger partial charge in [0.15, 0.2) is 0 Å². The number of ether oxygens (including phenoxy) is 2. The van der Waals surface area contributed by atoms with E-state index in [9.17, 15) is 14.3 Å². The van der Waals surface area contributed by atoms with Crippen molar-refractivity contribution in [1.29, 1.82) is 0 Å². The maximum atomic E-state index is 13.4. The van der Waals surface area contributed by atoms with Crippen LogP contribution < -0.4 is 4.74 Å². The van der Waals surface area contributed by atoms with Crippen molar-refractivity contribution in [1.82, 2.24) is 9.88 Å². The Balaban J connectivity index is 1.72. The lowest BCUT2D eigenvalue weighted by atomic mass is 9.65. The third-order valence-electron chi connectivity index (χ3n) is 7.08. The molecule has 2 heterocycles. The van der Waals surface area contributed by atoms with E-state index >= 15 is 0 Å². The topological polar surface area (TPSA) is 71.9 Å². The lowest BCUT2D eigenvalue weighted by molar-refractivity contribution is -0.147. The van der Waals surface area contributed by atoms with Gasteiger partial charge < -0.3 is 14.6 Å². The van der Waals surface area contributed by atoms with Crippen molar-refractivity contribution in [3.8, 4) is 5.75 Å². The summed E-state index contributed by atoms with van der Waals surface area (Å²) in [7, 11) is 0. The quantitative estimate of drug-likeness (QED) is 0.374. The molecule has 1 fully saturated rings. The summed E-state index contributed by atoms with van der Waals surface area (Å²) in [4.78, 5) is 19.5. The second kappa shape index (κ2) is 10.7. The van der Waals surface area contributed by atoms with Gasteiger partial charge >= 0.3 is 6.09 Å². The molecule has 2 unspecified atom stereocenters. The van der Waals surface area contributed by atoms with Crippen molar-refractivity contribution in [2.75, 3.05) is 6.54 Å². The number of aliphatic hydroxyl groups is 1. The molecule has 1 N–H and O–H groups in total. The van der Waals surface area contributed by atoms with Crippen LogP contribution in [-0.4, -0.2) is 33.2 Å². The van der Waals surface area contributed by atoms with Crippen molar-refractivity contribution in [2.45, 2.75) is 71.3 Å². The van der Waals surface area contributed by atoms with Gasteiger partial charge in [-0.2, -0.15) is 0 Å². The number of hydrogen-bond acceptors (Lipinski definition) is 5. The van der Waals surface area contributed by atoms with Crippen LogP contribution in [0, 0.1) is 11.7 Å². The number of aliphatic hydroxyl groups excluding tert-OH is 1. The molecule has 3 atom stereocenters. The number of likely N-dealkylation sites (tertiary alicyclic amines) is 1. The summed E-state index contributed by atoms with van der Waals surface area (Å²) in [6, 6.07) is 15.6. The Bertz CT molecular complexity index is 1250. The molecule has 1 aliphatic rings. The van der Waals surface area contributed by atoms with Gasteiger partial charge in [0, 0.05) is 30.4 Å². The summed E-state index contributed by atoms with van der Waals surface area (Å²) in [5, 5.41) is 11.9. The molecule has 1 aromatic heterocycles. The minimum Gasteiger partial charge on any atom is -0.489 e. The van der Waals surface area contributed by atoms with Crippen LogP contribution in [0.25, 0.3) is 0 Å². The second-order valence-electron chi connectivity index (χ2n) is 11.4. The summed E-state index contributed by atoms with van der Waals surface area (Å²) >= 11 is 0. The van der Waals surface area contributed by atoms with E-state index in [0.29, 0.717) is 29.3 Å². The normalized spacial score (nSPS) is 20.1. The second-order valence-corrected chi connectivity index (χ2v) is 11.4. The van der Waals surface area contributed by atoms with Gasteiger partial charge in [-0.25, -0.2) is 9.18 Å². The van der Waals surface area contributed by atoms with E-state index in [0.717, 1.165) is 5.56 Å². The third-order valence-corrected chi connectivity index (χ3v) is 7.08. The summed E-state index contributed by atoms with van der Waals surface area (Å²) in [5.74, 6) is 0.478. The Labute approximate surface area is 224 Å². The van der Waals surface area contributed by atoms with Crippen LogP contribution in [0.5, 0.6) is 5.75 Å². The molecule has 38 heavy (non-hydrogen) atoms. The van der Waals surface area contributed by atoms with Crippen molar-refractivity contribution in [3.63, 3.8) is 0 Å². The van der Waals surface area contributed by atoms with Crippen molar-refractivity contribution < 1.29 is 23.8 Å². The molecular formula is C31H37FN2O4. The van der Waals surface area contributed by atoms with Gasteiger partial charge in [-0.05, 0) is 73.7 Å². The number of aromatic nitrogens is 1. The van der Waals surface area contributed by atoms with Crippen LogP contribution in [0.4, 0.5) is 9.18 Å². The van der Waals surface area contributed by atoms with Crippen LogP contribution in [0.1, 0.15) is 75.8 Å². The molecule has 3 aromatic rings. The molecule has 7 heteroatoms. The van der Waals surface area contributed by atoms with Crippen LogP contribution in [0.2, 0.25) is 0 Å². The summed E-state index contributed by atoms with van der Waals surface area (Å²) in [6.07, 6.45) is 1.88. The molecule has 6 nitrogen and oxygen atoms in total. The number of benzene rings is 2. The minimum atomic E-state index is -1.08. The van der Waals surface area contributed by atoms with E-state index < -0.39 is 23.3 Å². The highest BCUT2D eigenvalue weighted by Gasteiger charge is 2.60. The van der Waals surface area contributed by atoms with Gasteiger partial charge in [-0.1, -0.05) is 45.0 Å². The SMILES string of the molecule is CC(C)c1ccc(C(O)[C@]2(c3cncc(COc4ccc(F)cc4)c3)C(C)CN2C(=O)OC(C)(C)C)cc1. The molecule has 2 aromatic carbocycles. The predicted molar refractivity (Wildman–Crippen MR) is 144 cm³/mol. The lowest BCUT2D eigenvalue weighted by Crippen LogP contribution is -2.68. The highest BCUT2D eigenvalue weighted by atomic mass is 19.1. The van der Waals surface area contributed by atoms with E-state index in [1.807, 2.05) is 58.0 Å². The number of pyridine rings is 1. The van der Waals surface area contributed by atoms with Gasteiger partial charge in [0.25, 0.3) is 0 Å². The zero-order valence-electron chi connectivity index (χ0n) is 22.9. The zero-order valence-corrected chi connectivity index (χ0v) is 22.9. The Kier molecular flexibility index (Phi) is 7.79.